The molecule has 0 N–H and O–H groups in total. The Bertz CT molecular complexity index is 534. The van der Waals surface area contributed by atoms with E-state index in [9.17, 15) is 9.59 Å². The molecule has 152 valence electrons. The van der Waals surface area contributed by atoms with Crippen LogP contribution in [0.2, 0.25) is 0 Å². The van der Waals surface area contributed by atoms with Crippen molar-refractivity contribution in [1.29, 1.82) is 0 Å². The molecule has 27 heavy (non-hydrogen) atoms. The zero-order chi connectivity index (χ0) is 19.9. The number of hydrogen-bond donors (Lipinski definition) is 0. The number of ether oxygens (including phenoxy) is 2. The predicted molar refractivity (Wildman–Crippen MR) is 109 cm³/mol. The van der Waals surface area contributed by atoms with Gasteiger partial charge in [0.15, 0.2) is 0 Å². The molecule has 0 saturated carbocycles. The maximum atomic E-state index is 11.9. The number of hydrogen-bond acceptors (Lipinski definition) is 4. The third-order valence-corrected chi connectivity index (χ3v) is 4.49. The molecule has 0 bridgehead atoms. The van der Waals surface area contributed by atoms with Crippen molar-refractivity contribution in [2.75, 3.05) is 0 Å². The van der Waals surface area contributed by atoms with Crippen molar-refractivity contribution in [1.82, 2.24) is 0 Å². The minimum absolute atomic E-state index is 0.133. The molecular formula is C23H36O4. The van der Waals surface area contributed by atoms with E-state index in [1.165, 1.54) is 44.9 Å². The molecule has 0 aliphatic heterocycles. The van der Waals surface area contributed by atoms with Gasteiger partial charge in [-0.05, 0) is 24.1 Å². The van der Waals surface area contributed by atoms with Crippen molar-refractivity contribution < 1.29 is 19.1 Å². The van der Waals surface area contributed by atoms with Crippen LogP contribution in [0.1, 0.15) is 90.5 Å². The summed E-state index contributed by atoms with van der Waals surface area (Å²) in [5, 5.41) is 0. The van der Waals surface area contributed by atoms with Crippen LogP contribution >= 0.6 is 0 Å². The lowest BCUT2D eigenvalue weighted by molar-refractivity contribution is -0.148. The van der Waals surface area contributed by atoms with Gasteiger partial charge in [0.1, 0.15) is 12.4 Å². The van der Waals surface area contributed by atoms with Crippen molar-refractivity contribution in [3.63, 3.8) is 0 Å². The van der Waals surface area contributed by atoms with Gasteiger partial charge >= 0.3 is 11.9 Å². The Kier molecular flexibility index (Phi) is 12.2. The van der Waals surface area contributed by atoms with Gasteiger partial charge < -0.3 is 9.47 Å². The second-order valence-electron chi connectivity index (χ2n) is 7.46. The smallest absolute Gasteiger partial charge is 0.311 e. The highest BCUT2D eigenvalue weighted by atomic mass is 16.5. The maximum Gasteiger partial charge on any atom is 0.311 e. The lowest BCUT2D eigenvalue weighted by Crippen LogP contribution is -2.11. The number of rotatable bonds is 14. The van der Waals surface area contributed by atoms with E-state index in [4.69, 9.17) is 9.47 Å². The SMILES string of the molecule is CCCCCCCCCCCC(=O)Oc1ccc(COC(=O)C(C)C)cc1. The van der Waals surface area contributed by atoms with Crippen LogP contribution in [-0.2, 0) is 20.9 Å². The average molecular weight is 377 g/mol. The molecule has 0 saturated heterocycles. The number of carbonyl (C=O) groups excluding carboxylic acids is 2. The van der Waals surface area contributed by atoms with E-state index in [1.807, 2.05) is 12.1 Å². The van der Waals surface area contributed by atoms with Gasteiger partial charge in [0.05, 0.1) is 5.92 Å². The van der Waals surface area contributed by atoms with Crippen LogP contribution in [0.25, 0.3) is 0 Å². The second-order valence-corrected chi connectivity index (χ2v) is 7.46. The topological polar surface area (TPSA) is 52.6 Å². The van der Waals surface area contributed by atoms with Gasteiger partial charge in [0.25, 0.3) is 0 Å². The van der Waals surface area contributed by atoms with Gasteiger partial charge in [-0.1, -0.05) is 84.3 Å². The largest absolute Gasteiger partial charge is 0.461 e. The first-order valence-electron chi connectivity index (χ1n) is 10.5. The first-order chi connectivity index (χ1) is 13.0. The summed E-state index contributed by atoms with van der Waals surface area (Å²) in [6.07, 6.45) is 11.5. The van der Waals surface area contributed by atoms with Crippen molar-refractivity contribution >= 4 is 11.9 Å². The van der Waals surface area contributed by atoms with Crippen LogP contribution in [0.4, 0.5) is 0 Å². The monoisotopic (exact) mass is 376 g/mol. The minimum Gasteiger partial charge on any atom is -0.461 e. The van der Waals surface area contributed by atoms with E-state index in [0.29, 0.717) is 12.2 Å². The maximum absolute atomic E-state index is 11.9. The van der Waals surface area contributed by atoms with Crippen molar-refractivity contribution in [2.24, 2.45) is 5.92 Å². The van der Waals surface area contributed by atoms with Crippen LogP contribution < -0.4 is 4.74 Å². The van der Waals surface area contributed by atoms with Gasteiger partial charge in [-0.15, -0.1) is 0 Å². The van der Waals surface area contributed by atoms with Gasteiger partial charge in [-0.25, -0.2) is 0 Å². The Morgan fingerprint density at radius 3 is 1.96 bits per heavy atom. The van der Waals surface area contributed by atoms with Crippen LogP contribution in [0.3, 0.4) is 0 Å². The van der Waals surface area contributed by atoms with Gasteiger partial charge in [-0.3, -0.25) is 9.59 Å². The second kappa shape index (κ2) is 14.2. The molecule has 0 atom stereocenters. The number of esters is 2. The van der Waals surface area contributed by atoms with E-state index in [1.54, 1.807) is 26.0 Å². The highest BCUT2D eigenvalue weighted by molar-refractivity contribution is 5.72. The summed E-state index contributed by atoms with van der Waals surface area (Å²) in [4.78, 5) is 23.4. The van der Waals surface area contributed by atoms with Crippen molar-refractivity contribution in [2.45, 2.75) is 91.6 Å². The zero-order valence-corrected chi connectivity index (χ0v) is 17.3. The van der Waals surface area contributed by atoms with E-state index in [0.717, 1.165) is 18.4 Å². The normalized spacial score (nSPS) is 10.8. The fraction of sp³-hybridized carbons (Fsp3) is 0.652. The third-order valence-electron chi connectivity index (χ3n) is 4.49. The van der Waals surface area contributed by atoms with Crippen molar-refractivity contribution in [3.8, 4) is 5.75 Å². The molecule has 0 heterocycles. The molecule has 1 rings (SSSR count). The average Bonchev–Trinajstić information content (AvgIpc) is 2.65. The number of unbranched alkanes of at least 4 members (excludes halogenated alkanes) is 8. The molecule has 0 amide bonds. The Morgan fingerprint density at radius 2 is 1.41 bits per heavy atom. The standard InChI is InChI=1S/C23H36O4/c1-4-5-6-7-8-9-10-11-12-13-22(24)27-21-16-14-20(15-17-21)18-26-23(25)19(2)3/h14-17,19H,4-13,18H2,1-3H3. The summed E-state index contributed by atoms with van der Waals surface area (Å²) in [6.45, 7) is 6.08. The highest BCUT2D eigenvalue weighted by Crippen LogP contribution is 2.15. The molecule has 1 aromatic rings. The Balaban J connectivity index is 2.13. The molecule has 0 aliphatic rings. The van der Waals surface area contributed by atoms with Crippen LogP contribution in [0, 0.1) is 5.92 Å². The van der Waals surface area contributed by atoms with Crippen molar-refractivity contribution in [3.05, 3.63) is 29.8 Å². The van der Waals surface area contributed by atoms with E-state index < -0.39 is 0 Å². The van der Waals surface area contributed by atoms with Gasteiger partial charge in [0.2, 0.25) is 0 Å². The van der Waals surface area contributed by atoms with Crippen LogP contribution in [0.15, 0.2) is 24.3 Å². The molecular weight excluding hydrogens is 340 g/mol. The van der Waals surface area contributed by atoms with Gasteiger partial charge in [-0.2, -0.15) is 0 Å². The van der Waals surface area contributed by atoms with E-state index >= 15 is 0 Å². The van der Waals surface area contributed by atoms with Crippen LogP contribution in [-0.4, -0.2) is 11.9 Å². The number of carbonyl (C=O) groups is 2. The molecule has 0 aromatic heterocycles. The summed E-state index contributed by atoms with van der Waals surface area (Å²) in [5.74, 6) is 0.00420. The predicted octanol–water partition coefficient (Wildman–Crippen LogP) is 6.21. The first kappa shape index (κ1) is 23.2. The highest BCUT2D eigenvalue weighted by Gasteiger charge is 2.09. The Morgan fingerprint density at radius 1 is 0.852 bits per heavy atom. The lowest BCUT2D eigenvalue weighted by Gasteiger charge is -2.08. The van der Waals surface area contributed by atoms with E-state index in [-0.39, 0.29) is 24.5 Å². The fourth-order valence-electron chi connectivity index (χ4n) is 2.74. The quantitative estimate of drug-likeness (QED) is 0.220. The summed E-state index contributed by atoms with van der Waals surface area (Å²) in [5.41, 5.74) is 0.878. The zero-order valence-electron chi connectivity index (χ0n) is 17.3. The summed E-state index contributed by atoms with van der Waals surface area (Å²) >= 11 is 0. The molecule has 0 unspecified atom stereocenters. The minimum atomic E-state index is -0.216. The molecule has 0 radical (unpaired) electrons. The Hall–Kier alpha value is -1.84. The summed E-state index contributed by atoms with van der Waals surface area (Å²) < 4.78 is 10.5. The summed E-state index contributed by atoms with van der Waals surface area (Å²) in [6, 6.07) is 7.11. The molecule has 0 aliphatic carbocycles. The summed E-state index contributed by atoms with van der Waals surface area (Å²) in [7, 11) is 0. The fourth-order valence-corrected chi connectivity index (χ4v) is 2.74. The first-order valence-corrected chi connectivity index (χ1v) is 10.5. The molecule has 4 heteroatoms. The molecule has 1 aromatic carbocycles. The van der Waals surface area contributed by atoms with Crippen LogP contribution in [0.5, 0.6) is 5.75 Å². The van der Waals surface area contributed by atoms with E-state index in [2.05, 4.69) is 6.92 Å². The molecule has 0 spiro atoms. The molecule has 0 fully saturated rings. The third kappa shape index (κ3) is 11.5. The number of benzene rings is 1. The molecule has 4 nitrogen and oxygen atoms in total. The lowest BCUT2D eigenvalue weighted by atomic mass is 10.1. The van der Waals surface area contributed by atoms with Gasteiger partial charge in [0, 0.05) is 6.42 Å². The Labute approximate surface area is 164 Å².